The van der Waals surface area contributed by atoms with E-state index in [4.69, 9.17) is 5.73 Å². The number of nitrogen functional groups attached to an aromatic ring is 1. The van der Waals surface area contributed by atoms with Gasteiger partial charge < -0.3 is 5.73 Å². The van der Waals surface area contributed by atoms with Crippen molar-refractivity contribution in [3.05, 3.63) is 81.8 Å². The molecule has 2 aromatic rings. The number of benzene rings is 2. The van der Waals surface area contributed by atoms with Crippen molar-refractivity contribution >= 4 is 22.4 Å². The molecule has 4 heteroatoms. The van der Waals surface area contributed by atoms with E-state index < -0.39 is 5.92 Å². The summed E-state index contributed by atoms with van der Waals surface area (Å²) in [5.74, 6) is -2.82. The topological polar surface area (TPSA) is 26.0 Å². The number of allylic oxidation sites excluding steroid dienone is 1. The number of alkyl halides is 2. The molecule has 0 amide bonds. The summed E-state index contributed by atoms with van der Waals surface area (Å²) >= 11 is 1.51. The van der Waals surface area contributed by atoms with Crippen LogP contribution < -0.4 is 5.73 Å². The lowest BCUT2D eigenvalue weighted by Crippen LogP contribution is -2.06. The SMILES string of the molecule is C=C(S/C=C(\C)Cc1cc(C)c(N)cc1C)c1ccc(C(C)(F)F)cc1. The number of halogens is 2. The average molecular weight is 374 g/mol. The van der Waals surface area contributed by atoms with Crippen molar-refractivity contribution in [1.82, 2.24) is 0 Å². The Morgan fingerprint density at radius 3 is 2.35 bits per heavy atom. The van der Waals surface area contributed by atoms with Gasteiger partial charge in [-0.05, 0) is 60.9 Å². The molecule has 0 aliphatic rings. The molecule has 2 aromatic carbocycles. The van der Waals surface area contributed by atoms with Gasteiger partial charge in [-0.1, -0.05) is 54.2 Å². The van der Waals surface area contributed by atoms with Gasteiger partial charge in [-0.15, -0.1) is 0 Å². The number of aryl methyl sites for hydroxylation is 2. The van der Waals surface area contributed by atoms with Crippen molar-refractivity contribution in [1.29, 1.82) is 0 Å². The third kappa shape index (κ3) is 5.21. The molecule has 0 fully saturated rings. The fraction of sp³-hybridized carbons (Fsp3) is 0.273. The van der Waals surface area contributed by atoms with E-state index in [1.807, 2.05) is 13.0 Å². The van der Waals surface area contributed by atoms with E-state index in [1.165, 1.54) is 40.6 Å². The second kappa shape index (κ2) is 8.09. The zero-order valence-electron chi connectivity index (χ0n) is 15.7. The van der Waals surface area contributed by atoms with Crippen LogP contribution in [0.4, 0.5) is 14.5 Å². The Labute approximate surface area is 159 Å². The van der Waals surface area contributed by atoms with Crippen molar-refractivity contribution < 1.29 is 8.78 Å². The summed E-state index contributed by atoms with van der Waals surface area (Å²) in [5, 5.41) is 2.07. The lowest BCUT2D eigenvalue weighted by molar-refractivity contribution is 0.0175. The van der Waals surface area contributed by atoms with E-state index in [2.05, 4.69) is 31.9 Å². The zero-order valence-corrected chi connectivity index (χ0v) is 16.5. The Morgan fingerprint density at radius 1 is 1.15 bits per heavy atom. The van der Waals surface area contributed by atoms with E-state index in [1.54, 1.807) is 12.1 Å². The summed E-state index contributed by atoms with van der Waals surface area (Å²) in [6.45, 7) is 11.1. The van der Waals surface area contributed by atoms with Gasteiger partial charge in [-0.3, -0.25) is 0 Å². The Morgan fingerprint density at radius 2 is 1.77 bits per heavy atom. The zero-order chi connectivity index (χ0) is 19.5. The smallest absolute Gasteiger partial charge is 0.270 e. The molecule has 138 valence electrons. The van der Waals surface area contributed by atoms with Gasteiger partial charge in [0.25, 0.3) is 5.92 Å². The largest absolute Gasteiger partial charge is 0.399 e. The van der Waals surface area contributed by atoms with E-state index in [9.17, 15) is 8.78 Å². The highest BCUT2D eigenvalue weighted by Crippen LogP contribution is 2.32. The highest BCUT2D eigenvalue weighted by atomic mass is 32.2. The van der Waals surface area contributed by atoms with Crippen molar-refractivity contribution in [3.8, 4) is 0 Å². The van der Waals surface area contributed by atoms with Gasteiger partial charge >= 0.3 is 0 Å². The van der Waals surface area contributed by atoms with Crippen molar-refractivity contribution in [2.75, 3.05) is 5.73 Å². The molecule has 2 rings (SSSR count). The molecule has 1 nitrogen and oxygen atoms in total. The van der Waals surface area contributed by atoms with Crippen LogP contribution in [0.25, 0.3) is 4.91 Å². The number of hydrogen-bond donors (Lipinski definition) is 1. The number of rotatable bonds is 6. The van der Waals surface area contributed by atoms with E-state index in [-0.39, 0.29) is 5.56 Å². The molecule has 0 bridgehead atoms. The molecule has 0 aromatic heterocycles. The summed E-state index contributed by atoms with van der Waals surface area (Å²) in [5.41, 5.74) is 12.4. The third-order valence-electron chi connectivity index (χ3n) is 4.31. The quantitative estimate of drug-likeness (QED) is 0.560. The average Bonchev–Trinajstić information content (AvgIpc) is 2.57. The molecule has 0 aliphatic carbocycles. The summed E-state index contributed by atoms with van der Waals surface area (Å²) in [4.78, 5) is 0.834. The van der Waals surface area contributed by atoms with E-state index in [0.717, 1.165) is 35.1 Å². The van der Waals surface area contributed by atoms with Gasteiger partial charge in [-0.2, -0.15) is 0 Å². The minimum Gasteiger partial charge on any atom is -0.399 e. The highest BCUT2D eigenvalue weighted by Gasteiger charge is 2.23. The molecule has 0 unspecified atom stereocenters. The molecule has 0 saturated carbocycles. The lowest BCUT2D eigenvalue weighted by atomic mass is 9.99. The van der Waals surface area contributed by atoms with Gasteiger partial charge in [-0.25, -0.2) is 8.78 Å². The summed E-state index contributed by atoms with van der Waals surface area (Å²) in [7, 11) is 0. The monoisotopic (exact) mass is 373 g/mol. The van der Waals surface area contributed by atoms with Crippen LogP contribution in [0, 0.1) is 13.8 Å². The molecule has 0 radical (unpaired) electrons. The Bertz CT molecular complexity index is 830. The number of nitrogens with two attached hydrogens (primary N) is 1. The van der Waals surface area contributed by atoms with Crippen LogP contribution >= 0.6 is 11.8 Å². The maximum absolute atomic E-state index is 13.3. The van der Waals surface area contributed by atoms with E-state index >= 15 is 0 Å². The predicted molar refractivity (Wildman–Crippen MR) is 110 cm³/mol. The van der Waals surface area contributed by atoms with E-state index in [0.29, 0.717) is 0 Å². The normalized spacial score (nSPS) is 12.3. The third-order valence-corrected chi connectivity index (χ3v) is 5.35. The molecule has 0 atom stereocenters. The minimum absolute atomic E-state index is 0.0139. The van der Waals surface area contributed by atoms with Gasteiger partial charge in [0.05, 0.1) is 0 Å². The van der Waals surface area contributed by atoms with Crippen LogP contribution in [0.1, 0.15) is 41.7 Å². The van der Waals surface area contributed by atoms with Crippen LogP contribution in [0.5, 0.6) is 0 Å². The number of anilines is 1. The van der Waals surface area contributed by atoms with Crippen molar-refractivity contribution in [2.45, 2.75) is 40.0 Å². The Hall–Kier alpha value is -2.07. The fourth-order valence-corrected chi connectivity index (χ4v) is 3.32. The van der Waals surface area contributed by atoms with Crippen molar-refractivity contribution in [2.24, 2.45) is 0 Å². The maximum atomic E-state index is 13.3. The minimum atomic E-state index is -2.82. The van der Waals surface area contributed by atoms with Gasteiger partial charge in [0.1, 0.15) is 0 Å². The van der Waals surface area contributed by atoms with Crippen LogP contribution in [-0.2, 0) is 12.3 Å². The van der Waals surface area contributed by atoms with Crippen molar-refractivity contribution in [3.63, 3.8) is 0 Å². The Kier molecular flexibility index (Phi) is 6.30. The predicted octanol–water partition coefficient (Wildman–Crippen LogP) is 6.85. The molecule has 0 heterocycles. The molecule has 0 aliphatic heterocycles. The van der Waals surface area contributed by atoms with Gasteiger partial charge in [0.2, 0.25) is 0 Å². The molecular formula is C22H25F2NS. The fourth-order valence-electron chi connectivity index (χ4n) is 2.62. The number of hydrogen-bond acceptors (Lipinski definition) is 2. The van der Waals surface area contributed by atoms with Crippen LogP contribution in [0.2, 0.25) is 0 Å². The van der Waals surface area contributed by atoms with Gasteiger partial charge in [0, 0.05) is 23.1 Å². The highest BCUT2D eigenvalue weighted by molar-refractivity contribution is 8.10. The first-order chi connectivity index (χ1) is 12.1. The summed E-state index contributed by atoms with van der Waals surface area (Å²) in [6.07, 6.45) is 0.841. The second-order valence-electron chi connectivity index (χ2n) is 6.78. The summed E-state index contributed by atoms with van der Waals surface area (Å²) < 4.78 is 26.6. The molecule has 0 spiro atoms. The first-order valence-electron chi connectivity index (χ1n) is 8.43. The first kappa shape index (κ1) is 20.2. The molecule has 2 N–H and O–H groups in total. The lowest BCUT2D eigenvalue weighted by Gasteiger charge is -2.12. The van der Waals surface area contributed by atoms with Crippen LogP contribution in [0.3, 0.4) is 0 Å². The number of thioether (sulfide) groups is 1. The summed E-state index contributed by atoms with van der Waals surface area (Å²) in [6, 6.07) is 10.4. The molecule has 0 saturated heterocycles. The first-order valence-corrected chi connectivity index (χ1v) is 9.31. The standard InChI is InChI=1S/C22H25F2NS/c1-14(10-19-11-16(3)21(25)12-15(19)2)13-26-17(4)18-6-8-20(9-7-18)22(5,23)24/h6-9,11-13H,4,10,25H2,1-3,5H3/b14-13+. The second-order valence-corrected chi connectivity index (χ2v) is 7.75. The molecule has 26 heavy (non-hydrogen) atoms. The van der Waals surface area contributed by atoms with Crippen LogP contribution in [0.15, 0.2) is 54.0 Å². The maximum Gasteiger partial charge on any atom is 0.270 e. The van der Waals surface area contributed by atoms with Gasteiger partial charge in [0.15, 0.2) is 0 Å². The molecular weight excluding hydrogens is 348 g/mol. The van der Waals surface area contributed by atoms with Crippen LogP contribution in [-0.4, -0.2) is 0 Å². The Balaban J connectivity index is 2.04.